The zero-order valence-electron chi connectivity index (χ0n) is 13.4. The highest BCUT2D eigenvalue weighted by Crippen LogP contribution is 2.26. The molecule has 0 saturated heterocycles. The number of esters is 1. The summed E-state index contributed by atoms with van der Waals surface area (Å²) in [6.07, 6.45) is 2.57. The first-order chi connectivity index (χ1) is 12.0. The molecule has 0 saturated carbocycles. The van der Waals surface area contributed by atoms with Gasteiger partial charge in [0.1, 0.15) is 5.82 Å². The van der Waals surface area contributed by atoms with Crippen molar-refractivity contribution >= 4 is 23.6 Å². The molecule has 0 aromatic heterocycles. The van der Waals surface area contributed by atoms with Crippen molar-refractivity contribution in [2.45, 2.75) is 0 Å². The highest BCUT2D eigenvalue weighted by molar-refractivity contribution is 5.94. The number of aromatic hydroxyl groups is 1. The van der Waals surface area contributed by atoms with E-state index in [1.807, 2.05) is 0 Å². The molecule has 0 aliphatic carbocycles. The number of phenolic OH excluding ortho intramolecular Hbond substituents is 1. The molecule has 2 aromatic rings. The van der Waals surface area contributed by atoms with E-state index < -0.39 is 24.3 Å². The van der Waals surface area contributed by atoms with Crippen molar-refractivity contribution in [1.82, 2.24) is 0 Å². The SMILES string of the molecule is COc1cc(/C=C/C(=O)OCC(=O)Nc2ccccc2F)ccc1O. The molecule has 6 nitrogen and oxygen atoms in total. The molecule has 2 rings (SSSR count). The van der Waals surface area contributed by atoms with E-state index in [-0.39, 0.29) is 17.2 Å². The summed E-state index contributed by atoms with van der Waals surface area (Å²) in [6, 6.07) is 10.2. The van der Waals surface area contributed by atoms with Gasteiger partial charge in [-0.25, -0.2) is 9.18 Å². The molecule has 0 unspecified atom stereocenters. The van der Waals surface area contributed by atoms with Gasteiger partial charge >= 0.3 is 5.97 Å². The summed E-state index contributed by atoms with van der Waals surface area (Å²) >= 11 is 0. The van der Waals surface area contributed by atoms with Gasteiger partial charge in [0.15, 0.2) is 18.1 Å². The van der Waals surface area contributed by atoms with Crippen LogP contribution in [0.1, 0.15) is 5.56 Å². The smallest absolute Gasteiger partial charge is 0.331 e. The van der Waals surface area contributed by atoms with Gasteiger partial charge < -0.3 is 19.9 Å². The number of nitrogens with one attached hydrogen (secondary N) is 1. The van der Waals surface area contributed by atoms with Crippen LogP contribution in [0.25, 0.3) is 6.08 Å². The molecule has 0 aliphatic heterocycles. The number of hydrogen-bond donors (Lipinski definition) is 2. The van der Waals surface area contributed by atoms with Gasteiger partial charge in [-0.2, -0.15) is 0 Å². The third-order valence-electron chi connectivity index (χ3n) is 3.11. The van der Waals surface area contributed by atoms with Crippen molar-refractivity contribution in [2.75, 3.05) is 19.0 Å². The third kappa shape index (κ3) is 5.35. The average Bonchev–Trinajstić information content (AvgIpc) is 2.61. The van der Waals surface area contributed by atoms with Crippen LogP contribution in [0.4, 0.5) is 10.1 Å². The van der Waals surface area contributed by atoms with Gasteiger partial charge in [-0.1, -0.05) is 18.2 Å². The summed E-state index contributed by atoms with van der Waals surface area (Å²) in [5.41, 5.74) is 0.609. The maximum Gasteiger partial charge on any atom is 0.331 e. The Hall–Kier alpha value is -3.35. The quantitative estimate of drug-likeness (QED) is 0.621. The monoisotopic (exact) mass is 345 g/mol. The van der Waals surface area contributed by atoms with Crippen molar-refractivity contribution in [3.8, 4) is 11.5 Å². The van der Waals surface area contributed by atoms with Crippen LogP contribution in [0.3, 0.4) is 0 Å². The second kappa shape index (κ2) is 8.49. The summed E-state index contributed by atoms with van der Waals surface area (Å²) in [6.45, 7) is -0.545. The molecule has 7 heteroatoms. The normalized spacial score (nSPS) is 10.5. The number of methoxy groups -OCH3 is 1. The summed E-state index contributed by atoms with van der Waals surface area (Å²) in [5, 5.41) is 11.8. The first kappa shape index (κ1) is 18.0. The standard InChI is InChI=1S/C18H16FNO5/c1-24-16-10-12(6-8-15(16)21)7-9-18(23)25-11-17(22)20-14-5-3-2-4-13(14)19/h2-10,21H,11H2,1H3,(H,20,22)/b9-7+. The van der Waals surface area contributed by atoms with E-state index in [0.717, 1.165) is 6.08 Å². The Labute approximate surface area is 143 Å². The second-order valence-electron chi connectivity index (χ2n) is 4.90. The number of anilines is 1. The molecule has 0 aliphatic rings. The zero-order valence-corrected chi connectivity index (χ0v) is 13.4. The maximum absolute atomic E-state index is 13.4. The molecule has 1 amide bonds. The lowest BCUT2D eigenvalue weighted by molar-refractivity contribution is -0.142. The molecule has 0 heterocycles. The van der Waals surface area contributed by atoms with Gasteiger partial charge in [-0.15, -0.1) is 0 Å². The topological polar surface area (TPSA) is 84.9 Å². The van der Waals surface area contributed by atoms with Crippen molar-refractivity contribution in [3.05, 3.63) is 59.9 Å². The van der Waals surface area contributed by atoms with Crippen LogP contribution < -0.4 is 10.1 Å². The number of phenols is 1. The summed E-state index contributed by atoms with van der Waals surface area (Å²) in [5.74, 6) is -1.73. The summed E-state index contributed by atoms with van der Waals surface area (Å²) < 4.78 is 23.1. The molecule has 0 bridgehead atoms. The van der Waals surface area contributed by atoms with Crippen LogP contribution in [0, 0.1) is 5.82 Å². The van der Waals surface area contributed by atoms with Crippen LogP contribution in [-0.2, 0) is 14.3 Å². The van der Waals surface area contributed by atoms with Crippen LogP contribution in [0.15, 0.2) is 48.5 Å². The Morgan fingerprint density at radius 3 is 2.72 bits per heavy atom. The molecule has 25 heavy (non-hydrogen) atoms. The van der Waals surface area contributed by atoms with Crippen LogP contribution in [-0.4, -0.2) is 30.7 Å². The lowest BCUT2D eigenvalue weighted by atomic mass is 10.2. The van der Waals surface area contributed by atoms with Crippen LogP contribution >= 0.6 is 0 Å². The lowest BCUT2D eigenvalue weighted by Gasteiger charge is -2.06. The van der Waals surface area contributed by atoms with Crippen LogP contribution in [0.5, 0.6) is 11.5 Å². The number of para-hydroxylation sites is 1. The highest BCUT2D eigenvalue weighted by atomic mass is 19.1. The fraction of sp³-hybridized carbons (Fsp3) is 0.111. The van der Waals surface area contributed by atoms with E-state index >= 15 is 0 Å². The predicted octanol–water partition coefficient (Wildman–Crippen LogP) is 2.74. The first-order valence-corrected chi connectivity index (χ1v) is 7.26. The number of amides is 1. The Bertz CT molecular complexity index is 804. The minimum Gasteiger partial charge on any atom is -0.504 e. The summed E-state index contributed by atoms with van der Waals surface area (Å²) in [7, 11) is 1.41. The van der Waals surface area contributed by atoms with E-state index in [1.54, 1.807) is 12.1 Å². The zero-order chi connectivity index (χ0) is 18.2. The molecule has 0 atom stereocenters. The van der Waals surface area contributed by atoms with Gasteiger partial charge in [-0.05, 0) is 35.9 Å². The van der Waals surface area contributed by atoms with Gasteiger partial charge in [0.2, 0.25) is 0 Å². The number of rotatable bonds is 6. The van der Waals surface area contributed by atoms with E-state index in [9.17, 15) is 19.1 Å². The maximum atomic E-state index is 13.4. The third-order valence-corrected chi connectivity index (χ3v) is 3.11. The van der Waals surface area contributed by atoms with Gasteiger partial charge in [0.05, 0.1) is 12.8 Å². The Balaban J connectivity index is 1.86. The van der Waals surface area contributed by atoms with E-state index in [2.05, 4.69) is 5.32 Å². The highest BCUT2D eigenvalue weighted by Gasteiger charge is 2.08. The van der Waals surface area contributed by atoms with Crippen molar-refractivity contribution in [1.29, 1.82) is 0 Å². The minimum absolute atomic E-state index is 0.00952. The minimum atomic E-state index is -0.740. The summed E-state index contributed by atoms with van der Waals surface area (Å²) in [4.78, 5) is 23.3. The van der Waals surface area contributed by atoms with Gasteiger partial charge in [-0.3, -0.25) is 4.79 Å². The number of carbonyl (C=O) groups excluding carboxylic acids is 2. The molecule has 0 spiro atoms. The van der Waals surface area contributed by atoms with Crippen molar-refractivity contribution < 1.29 is 28.6 Å². The van der Waals surface area contributed by atoms with Crippen LogP contribution in [0.2, 0.25) is 0 Å². The molecule has 130 valence electrons. The number of benzene rings is 2. The van der Waals surface area contributed by atoms with E-state index in [4.69, 9.17) is 9.47 Å². The molecule has 2 aromatic carbocycles. The first-order valence-electron chi connectivity index (χ1n) is 7.26. The van der Waals surface area contributed by atoms with Crippen molar-refractivity contribution in [2.24, 2.45) is 0 Å². The molecular formula is C18H16FNO5. The van der Waals surface area contributed by atoms with Gasteiger partial charge in [0, 0.05) is 6.08 Å². The van der Waals surface area contributed by atoms with E-state index in [1.165, 1.54) is 43.5 Å². The molecule has 0 fully saturated rings. The fourth-order valence-electron chi connectivity index (χ4n) is 1.90. The average molecular weight is 345 g/mol. The van der Waals surface area contributed by atoms with Gasteiger partial charge in [0.25, 0.3) is 5.91 Å². The fourth-order valence-corrected chi connectivity index (χ4v) is 1.90. The van der Waals surface area contributed by atoms with Crippen molar-refractivity contribution in [3.63, 3.8) is 0 Å². The molecule has 0 radical (unpaired) electrons. The Kier molecular flexibility index (Phi) is 6.11. The molecule has 2 N–H and O–H groups in total. The number of carbonyl (C=O) groups is 2. The Morgan fingerprint density at radius 2 is 2.00 bits per heavy atom. The largest absolute Gasteiger partial charge is 0.504 e. The lowest BCUT2D eigenvalue weighted by Crippen LogP contribution is -2.20. The molecular weight excluding hydrogens is 329 g/mol. The number of ether oxygens (including phenoxy) is 2. The predicted molar refractivity (Wildman–Crippen MR) is 89.7 cm³/mol. The Morgan fingerprint density at radius 1 is 1.24 bits per heavy atom. The van der Waals surface area contributed by atoms with E-state index in [0.29, 0.717) is 5.56 Å². The second-order valence-corrected chi connectivity index (χ2v) is 4.90. The number of hydrogen-bond acceptors (Lipinski definition) is 5. The number of halogens is 1.